The average Bonchev–Trinajstić information content (AvgIpc) is 2.69. The third kappa shape index (κ3) is 5.15. The Bertz CT molecular complexity index is 1060. The quantitative estimate of drug-likeness (QED) is 0.648. The van der Waals surface area contributed by atoms with Crippen LogP contribution in [0.3, 0.4) is 0 Å². The van der Waals surface area contributed by atoms with Gasteiger partial charge in [-0.05, 0) is 70.0 Å². The van der Waals surface area contributed by atoms with Crippen molar-refractivity contribution in [1.29, 1.82) is 0 Å². The Balaban J connectivity index is 1.90. The molecule has 0 unspecified atom stereocenters. The lowest BCUT2D eigenvalue weighted by molar-refractivity contribution is 0.103. The average molecular weight is 412 g/mol. The van der Waals surface area contributed by atoms with Crippen molar-refractivity contribution in [2.45, 2.75) is 44.6 Å². The topological polar surface area (TPSA) is 72.5 Å². The number of hydrogen-bond acceptors (Lipinski definition) is 4. The van der Waals surface area contributed by atoms with Crippen molar-refractivity contribution in [2.24, 2.45) is 0 Å². The van der Waals surface area contributed by atoms with Gasteiger partial charge in [0.2, 0.25) is 0 Å². The molecule has 2 aromatic rings. The minimum Gasteiger partial charge on any atom is -0.491 e. The predicted molar refractivity (Wildman–Crippen MR) is 115 cm³/mol. The SMILES string of the molecule is Cc1ccc(NS(=O)(=O)c2ccc(OC(C)C)cc2)c(C(=O)C2=CC=CCC2)c1. The zero-order valence-electron chi connectivity index (χ0n) is 16.8. The smallest absolute Gasteiger partial charge is 0.261 e. The molecule has 0 amide bonds. The summed E-state index contributed by atoms with van der Waals surface area (Å²) in [6.07, 6.45) is 7.10. The highest BCUT2D eigenvalue weighted by atomic mass is 32.2. The molecule has 6 heteroatoms. The Morgan fingerprint density at radius 2 is 1.83 bits per heavy atom. The summed E-state index contributed by atoms with van der Waals surface area (Å²) < 4.78 is 33.9. The van der Waals surface area contributed by atoms with E-state index in [0.29, 0.717) is 23.3 Å². The van der Waals surface area contributed by atoms with Gasteiger partial charge in [-0.25, -0.2) is 8.42 Å². The number of hydrogen-bond donors (Lipinski definition) is 1. The van der Waals surface area contributed by atoms with Gasteiger partial charge in [-0.2, -0.15) is 0 Å². The summed E-state index contributed by atoms with van der Waals surface area (Å²) in [5.41, 5.74) is 2.20. The molecule has 0 saturated heterocycles. The molecule has 0 aliphatic heterocycles. The third-order valence-electron chi connectivity index (χ3n) is 4.48. The normalized spacial score (nSPS) is 13.9. The number of anilines is 1. The molecule has 0 saturated carbocycles. The predicted octanol–water partition coefficient (Wildman–Crippen LogP) is 5.04. The highest BCUT2D eigenvalue weighted by molar-refractivity contribution is 7.92. The van der Waals surface area contributed by atoms with Crippen LogP contribution in [0.1, 0.15) is 42.6 Å². The zero-order chi connectivity index (χ0) is 21.0. The monoisotopic (exact) mass is 411 g/mol. The van der Waals surface area contributed by atoms with Crippen LogP contribution >= 0.6 is 0 Å². The van der Waals surface area contributed by atoms with Gasteiger partial charge in [0.1, 0.15) is 5.75 Å². The molecule has 0 spiro atoms. The van der Waals surface area contributed by atoms with Crippen molar-refractivity contribution in [2.75, 3.05) is 4.72 Å². The molecule has 0 heterocycles. The van der Waals surface area contributed by atoms with E-state index in [9.17, 15) is 13.2 Å². The third-order valence-corrected chi connectivity index (χ3v) is 5.86. The van der Waals surface area contributed by atoms with Crippen LogP contribution in [-0.4, -0.2) is 20.3 Å². The largest absolute Gasteiger partial charge is 0.491 e. The summed E-state index contributed by atoms with van der Waals surface area (Å²) in [7, 11) is -3.85. The molecule has 0 bridgehead atoms. The molecule has 0 aromatic heterocycles. The van der Waals surface area contributed by atoms with E-state index in [1.54, 1.807) is 36.4 Å². The summed E-state index contributed by atoms with van der Waals surface area (Å²) in [5.74, 6) is 0.443. The Kier molecular flexibility index (Phi) is 6.23. The summed E-state index contributed by atoms with van der Waals surface area (Å²) in [5, 5.41) is 0. The van der Waals surface area contributed by atoms with Gasteiger partial charge in [0.05, 0.1) is 16.7 Å². The van der Waals surface area contributed by atoms with E-state index in [1.165, 1.54) is 12.1 Å². The lowest BCUT2D eigenvalue weighted by atomic mass is 9.94. The van der Waals surface area contributed by atoms with Crippen molar-refractivity contribution in [3.05, 3.63) is 77.4 Å². The first-order valence-corrected chi connectivity index (χ1v) is 11.0. The first kappa shape index (κ1) is 20.9. The van der Waals surface area contributed by atoms with Crippen LogP contribution in [0.15, 0.2) is 71.2 Å². The van der Waals surface area contributed by atoms with Crippen molar-refractivity contribution >= 4 is 21.5 Å². The first-order chi connectivity index (χ1) is 13.8. The van der Waals surface area contributed by atoms with Gasteiger partial charge in [0.25, 0.3) is 10.0 Å². The van der Waals surface area contributed by atoms with E-state index < -0.39 is 10.0 Å². The van der Waals surface area contributed by atoms with Crippen LogP contribution in [-0.2, 0) is 10.0 Å². The fraction of sp³-hybridized carbons (Fsp3) is 0.261. The lowest BCUT2D eigenvalue weighted by Crippen LogP contribution is -2.17. The molecule has 0 radical (unpaired) electrons. The van der Waals surface area contributed by atoms with Crippen LogP contribution in [0.5, 0.6) is 5.75 Å². The minimum atomic E-state index is -3.85. The first-order valence-electron chi connectivity index (χ1n) is 9.57. The number of carbonyl (C=O) groups excluding carboxylic acids is 1. The van der Waals surface area contributed by atoms with E-state index >= 15 is 0 Å². The van der Waals surface area contributed by atoms with E-state index in [0.717, 1.165) is 12.0 Å². The molecule has 5 nitrogen and oxygen atoms in total. The summed E-state index contributed by atoms with van der Waals surface area (Å²) in [6, 6.07) is 11.4. The Hall–Kier alpha value is -2.86. The van der Waals surface area contributed by atoms with Crippen molar-refractivity contribution < 1.29 is 17.9 Å². The van der Waals surface area contributed by atoms with E-state index in [1.807, 2.05) is 32.9 Å². The molecule has 29 heavy (non-hydrogen) atoms. The van der Waals surface area contributed by atoms with E-state index in [2.05, 4.69) is 4.72 Å². The minimum absolute atomic E-state index is 0.000600. The molecule has 1 N–H and O–H groups in total. The van der Waals surface area contributed by atoms with Gasteiger partial charge >= 0.3 is 0 Å². The van der Waals surface area contributed by atoms with Crippen LogP contribution in [0, 0.1) is 6.92 Å². The van der Waals surface area contributed by atoms with Crippen molar-refractivity contribution in [3.8, 4) is 5.75 Å². The summed E-state index contributed by atoms with van der Waals surface area (Å²) in [4.78, 5) is 13.1. The highest BCUT2D eigenvalue weighted by Gasteiger charge is 2.21. The standard InChI is InChI=1S/C23H25NO4S/c1-16(2)28-19-10-12-20(13-11-19)29(26,27)24-22-14-9-17(3)15-21(22)23(25)18-7-5-4-6-8-18/h4-5,7,9-16,24H,6,8H2,1-3H3. The van der Waals surface area contributed by atoms with Crippen LogP contribution in [0.2, 0.25) is 0 Å². The van der Waals surface area contributed by atoms with Crippen molar-refractivity contribution in [3.63, 3.8) is 0 Å². The molecular formula is C23H25NO4S. The maximum absolute atomic E-state index is 13.0. The number of rotatable bonds is 7. The van der Waals surface area contributed by atoms with E-state index in [4.69, 9.17) is 4.74 Å². The second-order valence-electron chi connectivity index (χ2n) is 7.28. The number of allylic oxidation sites excluding steroid dienone is 4. The molecular weight excluding hydrogens is 386 g/mol. The van der Waals surface area contributed by atoms with Crippen molar-refractivity contribution in [1.82, 2.24) is 0 Å². The van der Waals surface area contributed by atoms with Gasteiger partial charge in [-0.3, -0.25) is 9.52 Å². The summed E-state index contributed by atoms with van der Waals surface area (Å²) >= 11 is 0. The molecule has 0 atom stereocenters. The number of ether oxygens (including phenoxy) is 1. The molecule has 2 aromatic carbocycles. The number of aryl methyl sites for hydroxylation is 1. The second kappa shape index (κ2) is 8.66. The molecule has 3 rings (SSSR count). The molecule has 152 valence electrons. The Labute approximate surface area is 172 Å². The Morgan fingerprint density at radius 3 is 2.45 bits per heavy atom. The zero-order valence-corrected chi connectivity index (χ0v) is 17.6. The highest BCUT2D eigenvalue weighted by Crippen LogP contribution is 2.27. The van der Waals surface area contributed by atoms with E-state index in [-0.39, 0.29) is 22.5 Å². The second-order valence-corrected chi connectivity index (χ2v) is 8.96. The van der Waals surface area contributed by atoms with Crippen LogP contribution < -0.4 is 9.46 Å². The number of sulfonamides is 1. The van der Waals surface area contributed by atoms with Crippen LogP contribution in [0.4, 0.5) is 5.69 Å². The maximum atomic E-state index is 13.0. The number of carbonyl (C=O) groups is 1. The number of benzene rings is 2. The van der Waals surface area contributed by atoms with Gasteiger partial charge in [0, 0.05) is 11.1 Å². The number of nitrogens with one attached hydrogen (secondary N) is 1. The maximum Gasteiger partial charge on any atom is 0.261 e. The van der Waals surface area contributed by atoms with Gasteiger partial charge in [-0.1, -0.05) is 29.9 Å². The fourth-order valence-electron chi connectivity index (χ4n) is 3.07. The molecule has 1 aliphatic rings. The summed E-state index contributed by atoms with van der Waals surface area (Å²) in [6.45, 7) is 5.68. The van der Waals surface area contributed by atoms with Gasteiger partial charge < -0.3 is 4.74 Å². The Morgan fingerprint density at radius 1 is 1.10 bits per heavy atom. The van der Waals surface area contributed by atoms with Crippen LogP contribution in [0.25, 0.3) is 0 Å². The van der Waals surface area contributed by atoms with Gasteiger partial charge in [-0.15, -0.1) is 0 Å². The number of ketones is 1. The lowest BCUT2D eigenvalue weighted by Gasteiger charge is -2.15. The fourth-order valence-corrected chi connectivity index (χ4v) is 4.15. The molecule has 0 fully saturated rings. The number of Topliss-reactive ketones (excluding diaryl/α,β-unsaturated/α-hetero) is 1. The van der Waals surface area contributed by atoms with Gasteiger partial charge in [0.15, 0.2) is 5.78 Å². The molecule has 1 aliphatic carbocycles.